The van der Waals surface area contributed by atoms with Gasteiger partial charge in [0.25, 0.3) is 5.91 Å². The Bertz CT molecular complexity index is 874. The van der Waals surface area contributed by atoms with Crippen molar-refractivity contribution in [2.75, 3.05) is 13.1 Å². The van der Waals surface area contributed by atoms with Crippen molar-refractivity contribution in [1.29, 1.82) is 0 Å². The first kappa shape index (κ1) is 16.1. The number of thiophene rings is 1. The van der Waals surface area contributed by atoms with Gasteiger partial charge in [-0.15, -0.1) is 16.4 Å². The maximum Gasteiger partial charge on any atom is 0.264 e. The SMILES string of the molecule is O=C(c1ccc(Cl)s1)N1CC(n2cc(COc3ccccc3)nn2)C1. The van der Waals surface area contributed by atoms with E-state index in [4.69, 9.17) is 16.3 Å². The summed E-state index contributed by atoms with van der Waals surface area (Å²) in [7, 11) is 0. The first-order valence-electron chi connectivity index (χ1n) is 7.82. The normalized spacial score (nSPS) is 14.4. The number of benzene rings is 1. The molecular formula is C17H15ClN4O2S. The van der Waals surface area contributed by atoms with Crippen molar-refractivity contribution in [2.45, 2.75) is 12.6 Å². The molecule has 2 aromatic heterocycles. The molecule has 1 aliphatic heterocycles. The molecule has 1 amide bonds. The van der Waals surface area contributed by atoms with Crippen LogP contribution < -0.4 is 4.74 Å². The van der Waals surface area contributed by atoms with E-state index in [-0.39, 0.29) is 11.9 Å². The molecule has 0 N–H and O–H groups in total. The van der Waals surface area contributed by atoms with Gasteiger partial charge in [-0.2, -0.15) is 0 Å². The van der Waals surface area contributed by atoms with Gasteiger partial charge in [-0.25, -0.2) is 4.68 Å². The van der Waals surface area contributed by atoms with E-state index in [2.05, 4.69) is 10.3 Å². The quantitative estimate of drug-likeness (QED) is 0.687. The van der Waals surface area contributed by atoms with E-state index >= 15 is 0 Å². The van der Waals surface area contributed by atoms with Crippen LogP contribution in [0.3, 0.4) is 0 Å². The van der Waals surface area contributed by atoms with Crippen LogP contribution in [0.25, 0.3) is 0 Å². The lowest BCUT2D eigenvalue weighted by Crippen LogP contribution is -2.50. The van der Waals surface area contributed by atoms with Crippen LogP contribution in [-0.4, -0.2) is 38.9 Å². The Morgan fingerprint density at radius 3 is 2.76 bits per heavy atom. The molecule has 3 aromatic rings. The summed E-state index contributed by atoms with van der Waals surface area (Å²) < 4.78 is 8.09. The smallest absolute Gasteiger partial charge is 0.264 e. The summed E-state index contributed by atoms with van der Waals surface area (Å²) in [4.78, 5) is 14.7. The molecule has 6 nitrogen and oxygen atoms in total. The van der Waals surface area contributed by atoms with Gasteiger partial charge < -0.3 is 9.64 Å². The average Bonchev–Trinajstić information content (AvgIpc) is 3.22. The number of carbonyl (C=O) groups excluding carboxylic acids is 1. The number of carbonyl (C=O) groups is 1. The summed E-state index contributed by atoms with van der Waals surface area (Å²) in [5, 5.41) is 8.29. The zero-order valence-corrected chi connectivity index (χ0v) is 14.8. The highest BCUT2D eigenvalue weighted by atomic mass is 35.5. The van der Waals surface area contributed by atoms with Crippen LogP contribution in [0.2, 0.25) is 4.34 Å². The largest absolute Gasteiger partial charge is 0.487 e. The van der Waals surface area contributed by atoms with Gasteiger partial charge in [-0.05, 0) is 24.3 Å². The second kappa shape index (κ2) is 6.85. The summed E-state index contributed by atoms with van der Waals surface area (Å²) in [5.74, 6) is 0.813. The molecule has 128 valence electrons. The predicted octanol–water partition coefficient (Wildman–Crippen LogP) is 3.27. The number of hydrogen-bond donors (Lipinski definition) is 0. The minimum absolute atomic E-state index is 0.0147. The Hall–Kier alpha value is -2.38. The fourth-order valence-corrected chi connectivity index (χ4v) is 3.62. The fraction of sp³-hybridized carbons (Fsp3) is 0.235. The maximum atomic E-state index is 12.3. The molecule has 0 bridgehead atoms. The molecule has 0 spiro atoms. The van der Waals surface area contributed by atoms with Gasteiger partial charge in [0, 0.05) is 13.1 Å². The lowest BCUT2D eigenvalue weighted by molar-refractivity contribution is 0.0503. The highest BCUT2D eigenvalue weighted by molar-refractivity contribution is 7.17. The number of aromatic nitrogens is 3. The fourth-order valence-electron chi connectivity index (χ4n) is 2.61. The van der Waals surface area contributed by atoms with Crippen LogP contribution in [0.15, 0.2) is 48.7 Å². The molecule has 0 atom stereocenters. The van der Waals surface area contributed by atoms with Crippen molar-refractivity contribution in [3.63, 3.8) is 0 Å². The maximum absolute atomic E-state index is 12.3. The van der Waals surface area contributed by atoms with Crippen LogP contribution in [0.4, 0.5) is 0 Å². The third-order valence-electron chi connectivity index (χ3n) is 4.00. The van der Waals surface area contributed by atoms with Gasteiger partial charge >= 0.3 is 0 Å². The summed E-state index contributed by atoms with van der Waals surface area (Å²) in [6, 6.07) is 13.2. The number of hydrogen-bond acceptors (Lipinski definition) is 5. The Morgan fingerprint density at radius 1 is 1.24 bits per heavy atom. The molecule has 0 saturated carbocycles. The molecule has 1 aromatic carbocycles. The highest BCUT2D eigenvalue weighted by Gasteiger charge is 2.33. The number of ether oxygens (including phenoxy) is 1. The second-order valence-electron chi connectivity index (χ2n) is 5.76. The molecule has 1 aliphatic rings. The Balaban J connectivity index is 1.31. The number of likely N-dealkylation sites (tertiary alicyclic amines) is 1. The van der Waals surface area contributed by atoms with Gasteiger partial charge in [0.1, 0.15) is 18.1 Å². The Labute approximate surface area is 153 Å². The van der Waals surface area contributed by atoms with E-state index in [1.165, 1.54) is 11.3 Å². The zero-order chi connectivity index (χ0) is 17.2. The Morgan fingerprint density at radius 2 is 2.04 bits per heavy atom. The van der Waals surface area contributed by atoms with Gasteiger partial charge in [-0.1, -0.05) is 35.0 Å². The first-order valence-corrected chi connectivity index (χ1v) is 9.01. The van der Waals surface area contributed by atoms with E-state index in [0.717, 1.165) is 11.4 Å². The van der Waals surface area contributed by atoms with E-state index < -0.39 is 0 Å². The third kappa shape index (κ3) is 3.52. The van der Waals surface area contributed by atoms with Crippen molar-refractivity contribution in [3.8, 4) is 5.75 Å². The van der Waals surface area contributed by atoms with Gasteiger partial charge in [0.15, 0.2) is 0 Å². The van der Waals surface area contributed by atoms with E-state index in [1.807, 2.05) is 36.5 Å². The summed E-state index contributed by atoms with van der Waals surface area (Å²) >= 11 is 7.19. The van der Waals surface area contributed by atoms with Crippen molar-refractivity contribution in [2.24, 2.45) is 0 Å². The van der Waals surface area contributed by atoms with Crippen molar-refractivity contribution < 1.29 is 9.53 Å². The second-order valence-corrected chi connectivity index (χ2v) is 7.47. The molecule has 8 heteroatoms. The minimum Gasteiger partial charge on any atom is -0.487 e. The summed E-state index contributed by atoms with van der Waals surface area (Å²) in [5.41, 5.74) is 0.763. The first-order chi connectivity index (χ1) is 12.2. The molecule has 0 aliphatic carbocycles. The van der Waals surface area contributed by atoms with Gasteiger partial charge in [0.2, 0.25) is 0 Å². The van der Waals surface area contributed by atoms with E-state index in [1.54, 1.807) is 21.7 Å². The highest BCUT2D eigenvalue weighted by Crippen LogP contribution is 2.27. The third-order valence-corrected chi connectivity index (χ3v) is 5.21. The summed E-state index contributed by atoms with van der Waals surface area (Å²) in [6.07, 6.45) is 1.87. The minimum atomic E-state index is 0.0147. The number of halogens is 1. The van der Waals surface area contributed by atoms with E-state index in [0.29, 0.717) is 28.9 Å². The Kier molecular flexibility index (Phi) is 4.42. The van der Waals surface area contributed by atoms with Crippen LogP contribution >= 0.6 is 22.9 Å². The molecule has 0 radical (unpaired) electrons. The van der Waals surface area contributed by atoms with E-state index in [9.17, 15) is 4.79 Å². The summed E-state index contributed by atoms with van der Waals surface area (Å²) in [6.45, 7) is 1.61. The van der Waals surface area contributed by atoms with Crippen molar-refractivity contribution in [3.05, 3.63) is 63.6 Å². The van der Waals surface area contributed by atoms with Crippen LogP contribution in [-0.2, 0) is 6.61 Å². The van der Waals surface area contributed by atoms with Crippen LogP contribution in [0.1, 0.15) is 21.4 Å². The number of para-hydroxylation sites is 1. The molecule has 3 heterocycles. The molecule has 4 rings (SSSR count). The van der Waals surface area contributed by atoms with Crippen LogP contribution in [0.5, 0.6) is 5.75 Å². The predicted molar refractivity (Wildman–Crippen MR) is 95.1 cm³/mol. The zero-order valence-electron chi connectivity index (χ0n) is 13.2. The standard InChI is InChI=1S/C17H15ClN4O2S/c18-16-7-6-15(25-16)17(23)21-9-13(10-21)22-8-12(19-20-22)11-24-14-4-2-1-3-5-14/h1-8,13H,9-11H2. The molecule has 1 fully saturated rings. The molecular weight excluding hydrogens is 360 g/mol. The molecule has 0 unspecified atom stereocenters. The van der Waals surface area contributed by atoms with Crippen LogP contribution in [0, 0.1) is 0 Å². The molecule has 25 heavy (non-hydrogen) atoms. The number of nitrogens with zero attached hydrogens (tertiary/aromatic N) is 4. The number of rotatable bonds is 5. The van der Waals surface area contributed by atoms with Gasteiger partial charge in [0.05, 0.1) is 21.5 Å². The number of amides is 1. The topological polar surface area (TPSA) is 60.2 Å². The van der Waals surface area contributed by atoms with Gasteiger partial charge in [-0.3, -0.25) is 4.79 Å². The molecule has 1 saturated heterocycles. The average molecular weight is 375 g/mol. The van der Waals surface area contributed by atoms with Crippen molar-refractivity contribution in [1.82, 2.24) is 19.9 Å². The monoisotopic (exact) mass is 374 g/mol. The van der Waals surface area contributed by atoms with Crippen molar-refractivity contribution >= 4 is 28.8 Å². The lowest BCUT2D eigenvalue weighted by atomic mass is 10.1. The lowest BCUT2D eigenvalue weighted by Gasteiger charge is -2.38.